The van der Waals surface area contributed by atoms with Gasteiger partial charge in [-0.1, -0.05) is 71.4 Å². The summed E-state index contributed by atoms with van der Waals surface area (Å²) in [7, 11) is 0. The van der Waals surface area contributed by atoms with Crippen LogP contribution in [0, 0.1) is 0 Å². The average molecular weight is 504 g/mol. The van der Waals surface area contributed by atoms with Crippen LogP contribution in [0.4, 0.5) is 4.79 Å². The van der Waals surface area contributed by atoms with Gasteiger partial charge in [0.1, 0.15) is 5.60 Å². The van der Waals surface area contributed by atoms with Crippen LogP contribution >= 0.6 is 35.0 Å². The van der Waals surface area contributed by atoms with E-state index in [-0.39, 0.29) is 0 Å². The lowest BCUT2D eigenvalue weighted by Gasteiger charge is -2.24. The zero-order valence-corrected chi connectivity index (χ0v) is 20.7. The van der Waals surface area contributed by atoms with Crippen molar-refractivity contribution >= 4 is 46.8 Å². The minimum atomic E-state index is -0.627. The van der Waals surface area contributed by atoms with Crippen molar-refractivity contribution in [3.8, 4) is 0 Å². The Morgan fingerprint density at radius 2 is 1.94 bits per heavy atom. The maximum atomic E-state index is 12.6. The molecular formula is C23H23Cl2N5O2S. The lowest BCUT2D eigenvalue weighted by molar-refractivity contribution is 0.0500. The zero-order chi connectivity index (χ0) is 23.6. The molecule has 7 nitrogen and oxygen atoms in total. The number of alkyl carbamates (subject to hydrolysis) is 1. The summed E-state index contributed by atoms with van der Waals surface area (Å²) in [6, 6.07) is 14.6. The van der Waals surface area contributed by atoms with Crippen molar-refractivity contribution in [2.75, 3.05) is 5.75 Å². The third-order valence-corrected chi connectivity index (χ3v) is 6.20. The molecule has 1 aliphatic heterocycles. The van der Waals surface area contributed by atoms with E-state index in [1.165, 1.54) is 11.8 Å². The smallest absolute Gasteiger partial charge is 0.408 e. The number of thioether (sulfide) groups is 1. The molecule has 1 atom stereocenters. The molecule has 0 fully saturated rings. The molecule has 33 heavy (non-hydrogen) atoms. The predicted molar refractivity (Wildman–Crippen MR) is 131 cm³/mol. The van der Waals surface area contributed by atoms with E-state index in [4.69, 9.17) is 33.0 Å². The number of hydrogen-bond donors (Lipinski definition) is 1. The van der Waals surface area contributed by atoms with Crippen molar-refractivity contribution in [3.05, 3.63) is 75.5 Å². The van der Waals surface area contributed by atoms with Gasteiger partial charge in [0.15, 0.2) is 5.82 Å². The summed E-state index contributed by atoms with van der Waals surface area (Å²) >= 11 is 14.0. The Morgan fingerprint density at radius 1 is 1.18 bits per heavy atom. The Morgan fingerprint density at radius 3 is 2.64 bits per heavy atom. The van der Waals surface area contributed by atoms with Gasteiger partial charge in [-0.25, -0.2) is 4.79 Å². The third kappa shape index (κ3) is 5.88. The quantitative estimate of drug-likeness (QED) is 0.479. The molecule has 172 valence electrons. The molecule has 10 heteroatoms. The van der Waals surface area contributed by atoms with Crippen molar-refractivity contribution in [1.29, 1.82) is 0 Å². The van der Waals surface area contributed by atoms with Crippen LogP contribution in [0.1, 0.15) is 43.8 Å². The van der Waals surface area contributed by atoms with E-state index in [9.17, 15) is 4.79 Å². The number of ether oxygens (including phenoxy) is 1. The number of hydrogen-bond acceptors (Lipinski definition) is 6. The number of aromatic nitrogens is 3. The molecule has 0 aliphatic carbocycles. The van der Waals surface area contributed by atoms with Gasteiger partial charge in [0, 0.05) is 22.8 Å². The summed E-state index contributed by atoms with van der Waals surface area (Å²) in [5, 5.41) is 18.1. The Labute approximate surface area is 206 Å². The van der Waals surface area contributed by atoms with E-state index >= 15 is 0 Å². The summed E-state index contributed by atoms with van der Waals surface area (Å²) < 4.78 is 7.15. The van der Waals surface area contributed by atoms with Gasteiger partial charge in [0.2, 0.25) is 5.16 Å². The minimum Gasteiger partial charge on any atom is -0.444 e. The highest BCUT2D eigenvalue weighted by atomic mass is 35.5. The van der Waals surface area contributed by atoms with Crippen LogP contribution in [-0.2, 0) is 11.2 Å². The summed E-state index contributed by atoms with van der Waals surface area (Å²) in [5.41, 5.74) is 1.96. The average Bonchev–Trinajstić information content (AvgIpc) is 3.16. The third-order valence-electron chi connectivity index (χ3n) is 4.72. The molecule has 0 saturated carbocycles. The molecule has 0 bridgehead atoms. The van der Waals surface area contributed by atoms with Crippen molar-refractivity contribution in [2.24, 2.45) is 5.10 Å². The second-order valence-corrected chi connectivity index (χ2v) is 10.3. The number of nitrogens with zero attached hydrogens (tertiary/aromatic N) is 4. The Hall–Kier alpha value is -2.55. The van der Waals surface area contributed by atoms with Gasteiger partial charge < -0.3 is 10.1 Å². The van der Waals surface area contributed by atoms with Crippen molar-refractivity contribution in [3.63, 3.8) is 0 Å². The largest absolute Gasteiger partial charge is 0.444 e. The normalized spacial score (nSPS) is 14.3. The maximum Gasteiger partial charge on any atom is 0.408 e. The van der Waals surface area contributed by atoms with E-state index in [0.717, 1.165) is 16.8 Å². The molecule has 2 heterocycles. The molecule has 3 aromatic rings. The number of halogens is 2. The van der Waals surface area contributed by atoms with Gasteiger partial charge in [-0.05, 0) is 38.5 Å². The molecule has 0 radical (unpaired) electrons. The van der Waals surface area contributed by atoms with Gasteiger partial charge in [-0.2, -0.15) is 9.78 Å². The van der Waals surface area contributed by atoms with Crippen LogP contribution in [0.3, 0.4) is 0 Å². The van der Waals surface area contributed by atoms with Gasteiger partial charge in [-0.3, -0.25) is 0 Å². The highest BCUT2D eigenvalue weighted by Crippen LogP contribution is 2.30. The first-order valence-electron chi connectivity index (χ1n) is 10.3. The Kier molecular flexibility index (Phi) is 6.97. The fourth-order valence-corrected chi connectivity index (χ4v) is 4.67. The molecule has 0 spiro atoms. The fourth-order valence-electron chi connectivity index (χ4n) is 3.32. The molecule has 1 aliphatic rings. The van der Waals surface area contributed by atoms with Crippen LogP contribution in [-0.4, -0.2) is 38.0 Å². The van der Waals surface area contributed by atoms with E-state index in [0.29, 0.717) is 33.2 Å². The fraction of sp³-hybridized carbons (Fsp3) is 0.304. The molecule has 2 aromatic carbocycles. The van der Waals surface area contributed by atoms with Crippen LogP contribution in [0.25, 0.3) is 0 Å². The standard InChI is InChI=1S/C23H23Cl2N5O2S/c1-23(2,3)32-22(31)26-18(11-14-7-5-4-6-8-14)20-27-28-21-30(20)29-19(13-33-21)16-10-9-15(24)12-17(16)25/h4-10,12,18H,11,13H2,1-3H3,(H,26,31). The summed E-state index contributed by atoms with van der Waals surface area (Å²) in [4.78, 5) is 12.6. The van der Waals surface area contributed by atoms with Gasteiger partial charge in [0.05, 0.1) is 16.8 Å². The molecule has 0 saturated heterocycles. The molecule has 1 unspecified atom stereocenters. The molecular weight excluding hydrogens is 481 g/mol. The first kappa shape index (κ1) is 23.6. The van der Waals surface area contributed by atoms with E-state index in [1.54, 1.807) is 16.8 Å². The predicted octanol–water partition coefficient (Wildman–Crippen LogP) is 5.75. The summed E-state index contributed by atoms with van der Waals surface area (Å²) in [5.74, 6) is 1.09. The van der Waals surface area contributed by atoms with Crippen molar-refractivity contribution < 1.29 is 9.53 Å². The summed E-state index contributed by atoms with van der Waals surface area (Å²) in [6.45, 7) is 5.46. The van der Waals surface area contributed by atoms with Crippen LogP contribution in [0.15, 0.2) is 58.8 Å². The first-order valence-corrected chi connectivity index (χ1v) is 12.1. The number of amides is 1. The summed E-state index contributed by atoms with van der Waals surface area (Å²) in [6.07, 6.45) is -0.0377. The molecule has 1 N–H and O–H groups in total. The van der Waals surface area contributed by atoms with E-state index in [2.05, 4.69) is 15.5 Å². The molecule has 4 rings (SSSR count). The molecule has 1 amide bonds. The van der Waals surface area contributed by atoms with E-state index in [1.807, 2.05) is 57.2 Å². The number of rotatable bonds is 5. The van der Waals surface area contributed by atoms with E-state index < -0.39 is 17.7 Å². The molecule has 1 aromatic heterocycles. The van der Waals surface area contributed by atoms with Gasteiger partial charge >= 0.3 is 6.09 Å². The number of fused-ring (bicyclic) bond motifs is 1. The lowest BCUT2D eigenvalue weighted by Crippen LogP contribution is -2.37. The monoisotopic (exact) mass is 503 g/mol. The van der Waals surface area contributed by atoms with Crippen molar-refractivity contribution in [2.45, 2.75) is 44.0 Å². The SMILES string of the molecule is CC(C)(C)OC(=O)NC(Cc1ccccc1)c1nnc2n1N=C(c1ccc(Cl)cc1Cl)CS2. The topological polar surface area (TPSA) is 81.4 Å². The highest BCUT2D eigenvalue weighted by molar-refractivity contribution is 7.99. The number of benzene rings is 2. The zero-order valence-electron chi connectivity index (χ0n) is 18.4. The second kappa shape index (κ2) is 9.75. The van der Waals surface area contributed by atoms with Crippen LogP contribution in [0.2, 0.25) is 10.0 Å². The van der Waals surface area contributed by atoms with Gasteiger partial charge in [-0.15, -0.1) is 10.2 Å². The van der Waals surface area contributed by atoms with Crippen LogP contribution in [0.5, 0.6) is 0 Å². The lowest BCUT2D eigenvalue weighted by atomic mass is 10.1. The minimum absolute atomic E-state index is 0.495. The van der Waals surface area contributed by atoms with Crippen molar-refractivity contribution in [1.82, 2.24) is 20.2 Å². The van der Waals surface area contributed by atoms with Crippen LogP contribution < -0.4 is 5.32 Å². The Balaban J connectivity index is 1.69. The second-order valence-electron chi connectivity index (χ2n) is 8.50. The Bertz CT molecular complexity index is 1190. The number of nitrogens with one attached hydrogen (secondary N) is 1. The van der Waals surface area contributed by atoms with Gasteiger partial charge in [0.25, 0.3) is 0 Å². The highest BCUT2D eigenvalue weighted by Gasteiger charge is 2.28. The number of carbonyl (C=O) groups excluding carboxylic acids is 1. The number of carbonyl (C=O) groups is 1. The first-order chi connectivity index (χ1) is 15.7. The maximum absolute atomic E-state index is 12.6.